The number of hydroxylamine groups is 2. The van der Waals surface area contributed by atoms with Gasteiger partial charge in [0.1, 0.15) is 0 Å². The molecule has 2 nitrogen and oxygen atoms in total. The summed E-state index contributed by atoms with van der Waals surface area (Å²) < 4.78 is 5.46. The van der Waals surface area contributed by atoms with E-state index in [1.807, 2.05) is 14.1 Å². The second-order valence-electron chi connectivity index (χ2n) is 3.02. The van der Waals surface area contributed by atoms with E-state index in [1.54, 1.807) is 5.06 Å². The predicted molar refractivity (Wildman–Crippen MR) is 38.1 cm³/mol. The Kier molecular flexibility index (Phi) is 3.01. The normalized spacial score (nSPS) is 12.8. The Labute approximate surface area is 54.5 Å². The van der Waals surface area contributed by atoms with Crippen LogP contribution in [0.25, 0.3) is 0 Å². The molecule has 0 rings (SSSR count). The topological polar surface area (TPSA) is 12.5 Å². The van der Waals surface area contributed by atoms with E-state index in [4.69, 9.17) is 3.86 Å². The summed E-state index contributed by atoms with van der Waals surface area (Å²) in [7, 11) is 3.85. The maximum absolute atomic E-state index is 5.46. The zero-order valence-electron chi connectivity index (χ0n) is 6.36. The van der Waals surface area contributed by atoms with Crippen LogP contribution in [0.4, 0.5) is 0 Å². The molecule has 0 bridgehead atoms. The molecule has 3 heteroatoms. The summed E-state index contributed by atoms with van der Waals surface area (Å²) in [5, 5.41) is 1.79. The summed E-state index contributed by atoms with van der Waals surface area (Å²) in [6, 6.07) is 0. The molecule has 0 unspecified atom stereocenters. The summed E-state index contributed by atoms with van der Waals surface area (Å²) >= 11 is -1.73. The van der Waals surface area contributed by atoms with Crippen molar-refractivity contribution in [3.05, 3.63) is 0 Å². The molecule has 0 aliphatic heterocycles. The quantitative estimate of drug-likeness (QED) is 0.466. The fourth-order valence-corrected chi connectivity index (χ4v) is 2.85. The third kappa shape index (κ3) is 6.46. The molecule has 0 aliphatic rings. The number of hydrogen-bond donors (Lipinski definition) is 0. The van der Waals surface area contributed by atoms with Gasteiger partial charge < -0.3 is 0 Å². The van der Waals surface area contributed by atoms with Gasteiger partial charge in [-0.15, -0.1) is 0 Å². The first kappa shape index (κ1) is 8.46. The van der Waals surface area contributed by atoms with Gasteiger partial charge in [0.15, 0.2) is 0 Å². The first-order chi connectivity index (χ1) is 3.42. The van der Waals surface area contributed by atoms with Gasteiger partial charge in [-0.3, -0.25) is 0 Å². The summed E-state index contributed by atoms with van der Waals surface area (Å²) in [5.74, 6) is 6.62. The van der Waals surface area contributed by atoms with Crippen LogP contribution in [0.2, 0.25) is 17.3 Å². The van der Waals surface area contributed by atoms with Crippen LogP contribution in [0.1, 0.15) is 0 Å². The molecule has 0 heterocycles. The van der Waals surface area contributed by atoms with Crippen LogP contribution >= 0.6 is 0 Å². The van der Waals surface area contributed by atoms with Gasteiger partial charge in [0.2, 0.25) is 0 Å². The van der Waals surface area contributed by atoms with Crippen LogP contribution in [0, 0.1) is 0 Å². The molecule has 0 aliphatic carbocycles. The molecule has 8 heavy (non-hydrogen) atoms. The molecule has 50 valence electrons. The molecule has 0 aromatic carbocycles. The van der Waals surface area contributed by atoms with Crippen molar-refractivity contribution in [2.24, 2.45) is 0 Å². The van der Waals surface area contributed by atoms with Gasteiger partial charge >= 0.3 is 53.9 Å². The SMILES string of the molecule is CN(C)[O][Ge]([CH3])([CH3])[CH3]. The van der Waals surface area contributed by atoms with Gasteiger partial charge in [0.25, 0.3) is 0 Å². The Balaban J connectivity index is 3.39. The number of rotatable bonds is 2. The Morgan fingerprint density at radius 1 is 1.12 bits per heavy atom. The van der Waals surface area contributed by atoms with Crippen LogP contribution in [-0.4, -0.2) is 32.8 Å². The molecule has 0 aromatic rings. The van der Waals surface area contributed by atoms with Crippen LogP contribution in [0.15, 0.2) is 0 Å². The van der Waals surface area contributed by atoms with E-state index in [0.29, 0.717) is 0 Å². The Morgan fingerprint density at radius 3 is 1.50 bits per heavy atom. The van der Waals surface area contributed by atoms with Crippen molar-refractivity contribution >= 4 is 13.6 Å². The van der Waals surface area contributed by atoms with Gasteiger partial charge in [0, 0.05) is 0 Å². The van der Waals surface area contributed by atoms with Crippen molar-refractivity contribution in [2.45, 2.75) is 17.3 Å². The second kappa shape index (κ2) is 2.85. The van der Waals surface area contributed by atoms with E-state index >= 15 is 0 Å². The fourth-order valence-electron chi connectivity index (χ4n) is 0.548. The van der Waals surface area contributed by atoms with Crippen molar-refractivity contribution in [3.8, 4) is 0 Å². The Bertz CT molecular complexity index is 67.3. The van der Waals surface area contributed by atoms with Crippen LogP contribution in [0.3, 0.4) is 0 Å². The van der Waals surface area contributed by atoms with E-state index in [9.17, 15) is 0 Å². The Hall–Kier alpha value is 0.463. The molecular weight excluding hydrogens is 163 g/mol. The van der Waals surface area contributed by atoms with Crippen LogP contribution < -0.4 is 0 Å². The van der Waals surface area contributed by atoms with Gasteiger partial charge in [-0.05, 0) is 0 Å². The van der Waals surface area contributed by atoms with E-state index in [2.05, 4.69) is 17.3 Å². The minimum atomic E-state index is -1.73. The molecule has 0 spiro atoms. The van der Waals surface area contributed by atoms with Gasteiger partial charge in [-0.25, -0.2) is 0 Å². The monoisotopic (exact) mass is 179 g/mol. The molecule has 0 saturated carbocycles. The Morgan fingerprint density at radius 2 is 1.50 bits per heavy atom. The standard InChI is InChI=1S/C5H15GeNO/c1-6(2,3)8-7(4)5/h1-5H3. The predicted octanol–water partition coefficient (Wildman–Crippen LogP) is 1.31. The molecule has 0 amide bonds. The molecule has 0 fully saturated rings. The summed E-state index contributed by atoms with van der Waals surface area (Å²) in [6.07, 6.45) is 0. The van der Waals surface area contributed by atoms with Crippen LogP contribution in [-0.2, 0) is 3.86 Å². The molecule has 0 aromatic heterocycles. The average molecular weight is 178 g/mol. The molecule has 0 saturated heterocycles. The third-order valence-corrected chi connectivity index (χ3v) is 2.37. The zero-order chi connectivity index (χ0) is 6.78. The number of hydrogen-bond acceptors (Lipinski definition) is 2. The molecule has 0 atom stereocenters. The molecule has 0 N–H and O–H groups in total. The van der Waals surface area contributed by atoms with E-state index < -0.39 is 13.6 Å². The van der Waals surface area contributed by atoms with Crippen molar-refractivity contribution < 1.29 is 3.86 Å². The average Bonchev–Trinajstić information content (AvgIpc) is 1.21. The van der Waals surface area contributed by atoms with E-state index in [1.165, 1.54) is 0 Å². The summed E-state index contributed by atoms with van der Waals surface area (Å²) in [6.45, 7) is 0. The van der Waals surface area contributed by atoms with E-state index in [-0.39, 0.29) is 0 Å². The second-order valence-corrected chi connectivity index (χ2v) is 12.3. The van der Waals surface area contributed by atoms with Crippen molar-refractivity contribution in [3.63, 3.8) is 0 Å². The molecule has 0 radical (unpaired) electrons. The molecular formula is C5H15GeNO. The summed E-state index contributed by atoms with van der Waals surface area (Å²) in [5.41, 5.74) is 0. The first-order valence-corrected chi connectivity index (χ1v) is 9.93. The van der Waals surface area contributed by atoms with Gasteiger partial charge in [-0.2, -0.15) is 0 Å². The maximum atomic E-state index is 5.46. The minimum absolute atomic E-state index is 1.73. The van der Waals surface area contributed by atoms with Crippen molar-refractivity contribution in [1.29, 1.82) is 0 Å². The zero-order valence-corrected chi connectivity index (χ0v) is 8.45. The fraction of sp³-hybridized carbons (Fsp3) is 1.00. The summed E-state index contributed by atoms with van der Waals surface area (Å²) in [4.78, 5) is 0. The van der Waals surface area contributed by atoms with Crippen LogP contribution in [0.5, 0.6) is 0 Å². The van der Waals surface area contributed by atoms with Crippen molar-refractivity contribution in [2.75, 3.05) is 14.1 Å². The van der Waals surface area contributed by atoms with E-state index in [0.717, 1.165) is 0 Å². The van der Waals surface area contributed by atoms with Gasteiger partial charge in [0.05, 0.1) is 0 Å². The van der Waals surface area contributed by atoms with Crippen molar-refractivity contribution in [1.82, 2.24) is 5.06 Å². The van der Waals surface area contributed by atoms with Gasteiger partial charge in [-0.1, -0.05) is 0 Å². The number of nitrogens with zero attached hydrogens (tertiary/aromatic N) is 1. The first-order valence-electron chi connectivity index (χ1n) is 2.78. The third-order valence-electron chi connectivity index (χ3n) is 0.456.